The first-order chi connectivity index (χ1) is 15.6. The second-order valence-corrected chi connectivity index (χ2v) is 11.8. The van der Waals surface area contributed by atoms with E-state index < -0.39 is 0 Å². The van der Waals surface area contributed by atoms with E-state index in [0.29, 0.717) is 11.1 Å². The number of likely N-dealkylation sites (tertiary alicyclic amines) is 1. The Balaban J connectivity index is 1.61. The number of fused-ring (bicyclic) bond motifs is 2. The van der Waals surface area contributed by atoms with Crippen LogP contribution < -0.4 is 0 Å². The van der Waals surface area contributed by atoms with Crippen molar-refractivity contribution in [3.05, 3.63) is 76.4 Å². The molecule has 1 saturated heterocycles. The average molecular weight is 461 g/mol. The number of nitrogens with zero attached hydrogens (tertiary/aromatic N) is 2. The number of hydrogen-bond donors (Lipinski definition) is 0. The average Bonchev–Trinajstić information content (AvgIpc) is 3.20. The number of carbonyl (C=O) groups excluding carboxylic acids is 1. The van der Waals surface area contributed by atoms with Gasteiger partial charge >= 0.3 is 0 Å². The van der Waals surface area contributed by atoms with Gasteiger partial charge in [0.05, 0.1) is 11.3 Å². The Bertz CT molecular complexity index is 1220. The second kappa shape index (κ2) is 7.77. The van der Waals surface area contributed by atoms with Gasteiger partial charge in [0.2, 0.25) is 0 Å². The van der Waals surface area contributed by atoms with E-state index in [1.807, 2.05) is 24.3 Å². The van der Waals surface area contributed by atoms with Gasteiger partial charge in [0, 0.05) is 29.0 Å². The molecule has 0 N–H and O–H groups in total. The van der Waals surface area contributed by atoms with Crippen LogP contribution in [0.2, 0.25) is 5.02 Å². The standard InChI is InChI=1S/C29H33ClN2O/c1-19-7-6-8-23(13-19)32-20(2)25(14-26(32)21-9-11-22(30)12-10-21)27(33)31-18-29(5)16-24(31)15-28(3,4)17-29/h6-14,24H,15-18H2,1-5H3. The quantitative estimate of drug-likeness (QED) is 0.398. The van der Waals surface area contributed by atoms with Crippen molar-refractivity contribution in [3.8, 4) is 16.9 Å². The summed E-state index contributed by atoms with van der Waals surface area (Å²) in [6.07, 6.45) is 3.37. The molecule has 1 aliphatic heterocycles. The zero-order valence-corrected chi connectivity index (χ0v) is 21.0. The van der Waals surface area contributed by atoms with Crippen molar-refractivity contribution < 1.29 is 4.79 Å². The van der Waals surface area contributed by atoms with Gasteiger partial charge in [-0.05, 0) is 85.4 Å². The Labute approximate surface area is 202 Å². The van der Waals surface area contributed by atoms with Gasteiger partial charge in [0.15, 0.2) is 0 Å². The minimum atomic E-state index is 0.167. The van der Waals surface area contributed by atoms with Crippen LogP contribution in [-0.4, -0.2) is 28.0 Å². The summed E-state index contributed by atoms with van der Waals surface area (Å²) in [5, 5.41) is 0.709. The molecule has 5 rings (SSSR count). The van der Waals surface area contributed by atoms with Crippen LogP contribution in [0, 0.1) is 24.7 Å². The van der Waals surface area contributed by atoms with E-state index in [1.54, 1.807) is 0 Å². The molecular weight excluding hydrogens is 428 g/mol. The lowest BCUT2D eigenvalue weighted by atomic mass is 9.65. The van der Waals surface area contributed by atoms with E-state index in [1.165, 1.54) is 12.0 Å². The van der Waals surface area contributed by atoms with E-state index in [9.17, 15) is 4.79 Å². The smallest absolute Gasteiger partial charge is 0.255 e. The van der Waals surface area contributed by atoms with Gasteiger partial charge in [-0.2, -0.15) is 0 Å². The number of rotatable bonds is 3. The molecule has 3 nitrogen and oxygen atoms in total. The van der Waals surface area contributed by atoms with Crippen LogP contribution >= 0.6 is 11.6 Å². The first-order valence-electron chi connectivity index (χ1n) is 11.9. The van der Waals surface area contributed by atoms with Gasteiger partial charge in [-0.15, -0.1) is 0 Å². The fourth-order valence-corrected chi connectivity index (χ4v) is 6.73. The first kappa shape index (κ1) is 22.3. The molecule has 2 aromatic carbocycles. The van der Waals surface area contributed by atoms with Crippen molar-refractivity contribution in [2.45, 2.75) is 59.9 Å². The van der Waals surface area contributed by atoms with Gasteiger partial charge in [-0.25, -0.2) is 0 Å². The Hall–Kier alpha value is -2.52. The number of aromatic nitrogens is 1. The number of aryl methyl sites for hydroxylation is 1. The largest absolute Gasteiger partial charge is 0.335 e. The summed E-state index contributed by atoms with van der Waals surface area (Å²) >= 11 is 6.17. The van der Waals surface area contributed by atoms with E-state index in [0.717, 1.165) is 47.6 Å². The number of carbonyl (C=O) groups is 1. The lowest BCUT2D eigenvalue weighted by molar-refractivity contribution is 0.0707. The number of halogens is 1. The fraction of sp³-hybridized carbons (Fsp3) is 0.414. The summed E-state index contributed by atoms with van der Waals surface area (Å²) in [6, 6.07) is 18.8. The zero-order chi connectivity index (χ0) is 23.5. The summed E-state index contributed by atoms with van der Waals surface area (Å²) in [5.74, 6) is 0.167. The van der Waals surface area contributed by atoms with Crippen molar-refractivity contribution in [1.82, 2.24) is 9.47 Å². The highest BCUT2D eigenvalue weighted by atomic mass is 35.5. The van der Waals surface area contributed by atoms with Crippen LogP contribution in [0.25, 0.3) is 16.9 Å². The minimum Gasteiger partial charge on any atom is -0.335 e. The second-order valence-electron chi connectivity index (χ2n) is 11.4. The van der Waals surface area contributed by atoms with Crippen LogP contribution in [0.15, 0.2) is 54.6 Å². The van der Waals surface area contributed by atoms with Crippen LogP contribution in [0.3, 0.4) is 0 Å². The minimum absolute atomic E-state index is 0.167. The van der Waals surface area contributed by atoms with E-state index in [4.69, 9.17) is 11.6 Å². The molecule has 2 unspecified atom stereocenters. The maximum Gasteiger partial charge on any atom is 0.255 e. The predicted octanol–water partition coefficient (Wildman–Crippen LogP) is 7.46. The fourth-order valence-electron chi connectivity index (χ4n) is 6.61. The molecule has 2 heterocycles. The Morgan fingerprint density at radius 1 is 1.00 bits per heavy atom. The Morgan fingerprint density at radius 3 is 2.42 bits per heavy atom. The summed E-state index contributed by atoms with van der Waals surface area (Å²) in [7, 11) is 0. The molecular formula is C29H33ClN2O. The maximum atomic E-state index is 14.0. The lowest BCUT2D eigenvalue weighted by Crippen LogP contribution is -2.37. The zero-order valence-electron chi connectivity index (χ0n) is 20.3. The van der Waals surface area contributed by atoms with Gasteiger partial charge in [-0.3, -0.25) is 4.79 Å². The van der Waals surface area contributed by atoms with Crippen LogP contribution in [-0.2, 0) is 0 Å². The van der Waals surface area contributed by atoms with Crippen molar-refractivity contribution in [1.29, 1.82) is 0 Å². The van der Waals surface area contributed by atoms with Crippen LogP contribution in [0.5, 0.6) is 0 Å². The molecule has 172 valence electrons. The van der Waals surface area contributed by atoms with E-state index >= 15 is 0 Å². The highest BCUT2D eigenvalue weighted by Crippen LogP contribution is 2.53. The molecule has 1 aliphatic carbocycles. The number of hydrogen-bond acceptors (Lipinski definition) is 1. The summed E-state index contributed by atoms with van der Waals surface area (Å²) < 4.78 is 2.22. The molecule has 1 saturated carbocycles. The third kappa shape index (κ3) is 4.01. The molecule has 2 fully saturated rings. The summed E-state index contributed by atoms with van der Waals surface area (Å²) in [6.45, 7) is 12.1. The van der Waals surface area contributed by atoms with E-state index in [2.05, 4.69) is 74.4 Å². The first-order valence-corrected chi connectivity index (χ1v) is 12.3. The van der Waals surface area contributed by atoms with E-state index in [-0.39, 0.29) is 16.7 Å². The van der Waals surface area contributed by atoms with Gasteiger partial charge < -0.3 is 9.47 Å². The third-order valence-corrected chi connectivity index (χ3v) is 7.81. The highest BCUT2D eigenvalue weighted by Gasteiger charge is 2.51. The van der Waals surface area contributed by atoms with Crippen molar-refractivity contribution in [3.63, 3.8) is 0 Å². The summed E-state index contributed by atoms with van der Waals surface area (Å²) in [5.41, 5.74) is 6.63. The lowest BCUT2D eigenvalue weighted by Gasteiger charge is -2.39. The van der Waals surface area contributed by atoms with Crippen LogP contribution in [0.4, 0.5) is 0 Å². The molecule has 2 bridgehead atoms. The van der Waals surface area contributed by atoms with Crippen molar-refractivity contribution in [2.75, 3.05) is 6.54 Å². The SMILES string of the molecule is Cc1cccc(-n2c(-c3ccc(Cl)cc3)cc(C(=O)N3CC4(C)CC3CC(C)(C)C4)c2C)c1. The highest BCUT2D eigenvalue weighted by molar-refractivity contribution is 6.30. The normalized spacial score (nSPS) is 23.7. The van der Waals surface area contributed by atoms with Crippen molar-refractivity contribution >= 4 is 17.5 Å². The van der Waals surface area contributed by atoms with Gasteiger partial charge in [0.1, 0.15) is 0 Å². The Morgan fingerprint density at radius 2 is 1.73 bits per heavy atom. The van der Waals surface area contributed by atoms with Gasteiger partial charge in [-0.1, -0.05) is 56.6 Å². The Kier molecular flexibility index (Phi) is 5.25. The molecule has 0 spiro atoms. The molecule has 1 aromatic heterocycles. The summed E-state index contributed by atoms with van der Waals surface area (Å²) in [4.78, 5) is 16.2. The monoisotopic (exact) mass is 460 g/mol. The topological polar surface area (TPSA) is 25.2 Å². The number of amides is 1. The third-order valence-electron chi connectivity index (χ3n) is 7.55. The molecule has 33 heavy (non-hydrogen) atoms. The molecule has 0 radical (unpaired) electrons. The van der Waals surface area contributed by atoms with Crippen LogP contribution in [0.1, 0.15) is 61.6 Å². The molecule has 2 aliphatic rings. The molecule has 4 heteroatoms. The predicted molar refractivity (Wildman–Crippen MR) is 136 cm³/mol. The molecule has 1 amide bonds. The molecule has 2 atom stereocenters. The number of benzene rings is 2. The maximum absolute atomic E-state index is 14.0. The van der Waals surface area contributed by atoms with Gasteiger partial charge in [0.25, 0.3) is 5.91 Å². The molecule has 3 aromatic rings. The van der Waals surface area contributed by atoms with Crippen molar-refractivity contribution in [2.24, 2.45) is 10.8 Å².